The number of rotatable bonds is 7. The standard InChI is InChI=1S/C12H20O6/c1-6-7-8-15-11(14)16-12(4,5)18-17-10(13)9(2)3/h2,6-8H2,1,3-5H3. The van der Waals surface area contributed by atoms with Crippen molar-refractivity contribution in [2.75, 3.05) is 6.61 Å². The Hall–Kier alpha value is -1.56. The number of unbranched alkanes of at least 4 members (excludes halogenated alkanes) is 1. The molecule has 0 atom stereocenters. The molecule has 0 aromatic rings. The Balaban J connectivity index is 4.02. The number of hydrogen-bond donors (Lipinski definition) is 0. The summed E-state index contributed by atoms with van der Waals surface area (Å²) in [6.45, 7) is 9.93. The molecule has 6 nitrogen and oxygen atoms in total. The Kier molecular flexibility index (Phi) is 7.04. The third-order valence-electron chi connectivity index (χ3n) is 1.71. The highest BCUT2D eigenvalue weighted by Crippen LogP contribution is 2.14. The molecule has 0 saturated carbocycles. The van der Waals surface area contributed by atoms with Crippen molar-refractivity contribution in [1.82, 2.24) is 0 Å². The van der Waals surface area contributed by atoms with Crippen molar-refractivity contribution in [3.05, 3.63) is 12.2 Å². The van der Waals surface area contributed by atoms with Crippen LogP contribution in [-0.4, -0.2) is 24.5 Å². The highest BCUT2D eigenvalue weighted by Gasteiger charge is 2.28. The number of carbonyl (C=O) groups is 2. The third kappa shape index (κ3) is 7.67. The van der Waals surface area contributed by atoms with Gasteiger partial charge < -0.3 is 9.47 Å². The van der Waals surface area contributed by atoms with Crippen molar-refractivity contribution < 1.29 is 28.8 Å². The van der Waals surface area contributed by atoms with Gasteiger partial charge in [-0.3, -0.25) is 4.89 Å². The molecule has 6 heteroatoms. The van der Waals surface area contributed by atoms with Crippen molar-refractivity contribution in [3.63, 3.8) is 0 Å². The highest BCUT2D eigenvalue weighted by molar-refractivity contribution is 5.86. The Morgan fingerprint density at radius 3 is 2.39 bits per heavy atom. The Labute approximate surface area is 107 Å². The van der Waals surface area contributed by atoms with Crippen molar-refractivity contribution in [2.24, 2.45) is 0 Å². The predicted molar refractivity (Wildman–Crippen MR) is 63.4 cm³/mol. The first-order chi connectivity index (χ1) is 8.28. The van der Waals surface area contributed by atoms with E-state index in [4.69, 9.17) is 14.4 Å². The molecule has 0 aliphatic heterocycles. The van der Waals surface area contributed by atoms with Gasteiger partial charge in [-0.25, -0.2) is 9.59 Å². The summed E-state index contributed by atoms with van der Waals surface area (Å²) in [5.41, 5.74) is 0.177. The zero-order valence-electron chi connectivity index (χ0n) is 11.3. The molecular formula is C12H20O6. The fraction of sp³-hybridized carbons (Fsp3) is 0.667. The Morgan fingerprint density at radius 2 is 1.89 bits per heavy atom. The van der Waals surface area contributed by atoms with Crippen LogP contribution in [0.4, 0.5) is 4.79 Å². The van der Waals surface area contributed by atoms with Crippen LogP contribution in [0.25, 0.3) is 0 Å². The second-order valence-corrected chi connectivity index (χ2v) is 4.19. The third-order valence-corrected chi connectivity index (χ3v) is 1.71. The second kappa shape index (κ2) is 7.71. The van der Waals surface area contributed by atoms with Gasteiger partial charge in [0, 0.05) is 19.4 Å². The highest BCUT2D eigenvalue weighted by atomic mass is 17.2. The quantitative estimate of drug-likeness (QED) is 0.175. The zero-order chi connectivity index (χ0) is 14.2. The van der Waals surface area contributed by atoms with Gasteiger partial charge in [0.15, 0.2) is 0 Å². The molecule has 0 radical (unpaired) electrons. The van der Waals surface area contributed by atoms with E-state index in [1.807, 2.05) is 6.92 Å². The van der Waals surface area contributed by atoms with Gasteiger partial charge in [-0.15, -0.1) is 4.89 Å². The Morgan fingerprint density at radius 1 is 1.28 bits per heavy atom. The first kappa shape index (κ1) is 16.4. The fourth-order valence-electron chi connectivity index (χ4n) is 0.756. The summed E-state index contributed by atoms with van der Waals surface area (Å²) in [6.07, 6.45) is 0.782. The predicted octanol–water partition coefficient (Wildman–Crippen LogP) is 2.73. The van der Waals surface area contributed by atoms with E-state index in [0.717, 1.165) is 12.8 Å². The zero-order valence-corrected chi connectivity index (χ0v) is 11.3. The topological polar surface area (TPSA) is 71.1 Å². The number of hydrogen-bond acceptors (Lipinski definition) is 6. The molecule has 0 rings (SSSR count). The molecule has 18 heavy (non-hydrogen) atoms. The SMILES string of the molecule is C=C(C)C(=O)OOC(C)(C)OC(=O)OCCCC. The minimum absolute atomic E-state index is 0.177. The normalized spacial score (nSPS) is 10.7. The summed E-state index contributed by atoms with van der Waals surface area (Å²) in [5, 5.41) is 0. The van der Waals surface area contributed by atoms with Crippen molar-refractivity contribution in [2.45, 2.75) is 46.3 Å². The molecule has 0 bridgehead atoms. The lowest BCUT2D eigenvalue weighted by atomic mass is 10.4. The van der Waals surface area contributed by atoms with Crippen LogP contribution in [-0.2, 0) is 24.0 Å². The maximum absolute atomic E-state index is 11.2. The summed E-state index contributed by atoms with van der Waals surface area (Å²) >= 11 is 0. The van der Waals surface area contributed by atoms with E-state index in [-0.39, 0.29) is 12.2 Å². The molecule has 0 amide bonds. The molecule has 0 aromatic heterocycles. The van der Waals surface area contributed by atoms with Crippen LogP contribution < -0.4 is 0 Å². The van der Waals surface area contributed by atoms with Gasteiger partial charge in [0.1, 0.15) is 0 Å². The average Bonchev–Trinajstić information content (AvgIpc) is 2.25. The molecule has 0 N–H and O–H groups in total. The molecule has 0 heterocycles. The maximum Gasteiger partial charge on any atom is 0.510 e. The van der Waals surface area contributed by atoms with Crippen LogP contribution in [0.1, 0.15) is 40.5 Å². The molecule has 104 valence electrons. The number of ether oxygens (including phenoxy) is 2. The van der Waals surface area contributed by atoms with Crippen LogP contribution in [0.3, 0.4) is 0 Å². The van der Waals surface area contributed by atoms with Gasteiger partial charge in [0.05, 0.1) is 6.61 Å². The molecular weight excluding hydrogens is 240 g/mol. The molecule has 0 aliphatic rings. The molecule has 0 fully saturated rings. The molecule has 0 unspecified atom stereocenters. The van der Waals surface area contributed by atoms with E-state index >= 15 is 0 Å². The van der Waals surface area contributed by atoms with Crippen LogP contribution in [0.2, 0.25) is 0 Å². The minimum atomic E-state index is -1.42. The van der Waals surface area contributed by atoms with Crippen molar-refractivity contribution in [3.8, 4) is 0 Å². The van der Waals surface area contributed by atoms with Gasteiger partial charge in [-0.1, -0.05) is 19.9 Å². The monoisotopic (exact) mass is 260 g/mol. The van der Waals surface area contributed by atoms with E-state index < -0.39 is 17.9 Å². The largest absolute Gasteiger partial charge is 0.510 e. The van der Waals surface area contributed by atoms with E-state index in [0.29, 0.717) is 0 Å². The second-order valence-electron chi connectivity index (χ2n) is 4.19. The van der Waals surface area contributed by atoms with E-state index in [2.05, 4.69) is 11.5 Å². The summed E-state index contributed by atoms with van der Waals surface area (Å²) in [7, 11) is 0. The lowest BCUT2D eigenvalue weighted by molar-refractivity contribution is -0.379. The summed E-state index contributed by atoms with van der Waals surface area (Å²) in [5.74, 6) is -2.15. The van der Waals surface area contributed by atoms with E-state index in [1.54, 1.807) is 0 Å². The van der Waals surface area contributed by atoms with Crippen LogP contribution in [0.5, 0.6) is 0 Å². The van der Waals surface area contributed by atoms with Gasteiger partial charge >= 0.3 is 12.1 Å². The maximum atomic E-state index is 11.2. The molecule has 0 spiro atoms. The average molecular weight is 260 g/mol. The summed E-state index contributed by atoms with van der Waals surface area (Å²) < 4.78 is 9.60. The summed E-state index contributed by atoms with van der Waals surface area (Å²) in [6, 6.07) is 0. The van der Waals surface area contributed by atoms with E-state index in [9.17, 15) is 9.59 Å². The van der Waals surface area contributed by atoms with Crippen molar-refractivity contribution >= 4 is 12.1 Å². The van der Waals surface area contributed by atoms with Gasteiger partial charge in [0.25, 0.3) is 5.79 Å². The lowest BCUT2D eigenvalue weighted by Gasteiger charge is -2.22. The summed E-state index contributed by atoms with van der Waals surface area (Å²) in [4.78, 5) is 31.4. The lowest BCUT2D eigenvalue weighted by Crippen LogP contribution is -2.33. The fourth-order valence-corrected chi connectivity index (χ4v) is 0.756. The number of carbonyl (C=O) groups excluding carboxylic acids is 2. The van der Waals surface area contributed by atoms with Gasteiger partial charge in [-0.2, -0.15) is 0 Å². The minimum Gasteiger partial charge on any atom is -0.434 e. The van der Waals surface area contributed by atoms with Crippen LogP contribution in [0, 0.1) is 0 Å². The molecule has 0 aliphatic carbocycles. The van der Waals surface area contributed by atoms with Gasteiger partial charge in [0.2, 0.25) is 0 Å². The smallest absolute Gasteiger partial charge is 0.434 e. The Bertz CT molecular complexity index is 308. The first-order valence-electron chi connectivity index (χ1n) is 5.69. The van der Waals surface area contributed by atoms with E-state index in [1.165, 1.54) is 20.8 Å². The van der Waals surface area contributed by atoms with Crippen LogP contribution >= 0.6 is 0 Å². The molecule has 0 aromatic carbocycles. The van der Waals surface area contributed by atoms with Gasteiger partial charge in [-0.05, 0) is 13.3 Å². The molecule has 0 saturated heterocycles. The van der Waals surface area contributed by atoms with Crippen molar-refractivity contribution in [1.29, 1.82) is 0 Å². The first-order valence-corrected chi connectivity index (χ1v) is 5.69. The van der Waals surface area contributed by atoms with Crippen LogP contribution in [0.15, 0.2) is 12.2 Å².